The van der Waals surface area contributed by atoms with E-state index < -0.39 is 0 Å². The van der Waals surface area contributed by atoms with Crippen LogP contribution in [0.3, 0.4) is 0 Å². The van der Waals surface area contributed by atoms with Crippen LogP contribution >= 0.6 is 11.3 Å². The molecule has 0 radical (unpaired) electrons. The predicted octanol–water partition coefficient (Wildman–Crippen LogP) is 1.78. The number of thiazole rings is 1. The van der Waals surface area contributed by atoms with E-state index in [9.17, 15) is 4.79 Å². The van der Waals surface area contributed by atoms with Gasteiger partial charge in [0.15, 0.2) is 0 Å². The molecular weight excluding hydrogens is 196 g/mol. The summed E-state index contributed by atoms with van der Waals surface area (Å²) in [5.74, 6) is 0.138. The van der Waals surface area contributed by atoms with Crippen LogP contribution in [0.4, 0.5) is 0 Å². The van der Waals surface area contributed by atoms with E-state index in [4.69, 9.17) is 0 Å². The van der Waals surface area contributed by atoms with Crippen molar-refractivity contribution in [1.82, 2.24) is 10.3 Å². The van der Waals surface area contributed by atoms with Gasteiger partial charge in [-0.1, -0.05) is 0 Å². The van der Waals surface area contributed by atoms with Gasteiger partial charge in [0.2, 0.25) is 5.78 Å². The highest BCUT2D eigenvalue weighted by atomic mass is 32.1. The summed E-state index contributed by atoms with van der Waals surface area (Å²) in [6.07, 6.45) is 1.99. The molecule has 0 aliphatic carbocycles. The van der Waals surface area contributed by atoms with Gasteiger partial charge in [-0.25, -0.2) is 4.98 Å². The normalized spacial score (nSPS) is 26.7. The van der Waals surface area contributed by atoms with Crippen LogP contribution in [0.2, 0.25) is 0 Å². The molecule has 1 fully saturated rings. The molecule has 4 heteroatoms. The summed E-state index contributed by atoms with van der Waals surface area (Å²) >= 11 is 1.53. The molecule has 1 aromatic heterocycles. The maximum Gasteiger partial charge on any atom is 0.201 e. The third-order valence-corrected chi connectivity index (χ3v) is 3.50. The van der Waals surface area contributed by atoms with Crippen LogP contribution in [0, 0.1) is 6.92 Å². The first kappa shape index (κ1) is 9.80. The minimum absolute atomic E-state index is 0.138. The van der Waals surface area contributed by atoms with E-state index >= 15 is 0 Å². The zero-order valence-electron chi connectivity index (χ0n) is 8.46. The number of hydrogen-bond acceptors (Lipinski definition) is 4. The Morgan fingerprint density at radius 1 is 1.71 bits per heavy atom. The summed E-state index contributed by atoms with van der Waals surface area (Å²) in [6, 6.07) is 0. The highest BCUT2D eigenvalue weighted by molar-refractivity contribution is 7.09. The second-order valence-corrected chi connectivity index (χ2v) is 5.01. The average Bonchev–Trinajstić information content (AvgIpc) is 2.74. The van der Waals surface area contributed by atoms with E-state index in [2.05, 4.69) is 10.3 Å². The van der Waals surface area contributed by atoms with Crippen molar-refractivity contribution < 1.29 is 4.79 Å². The third-order valence-electron chi connectivity index (χ3n) is 2.72. The van der Waals surface area contributed by atoms with E-state index in [1.54, 1.807) is 0 Å². The molecule has 0 saturated carbocycles. The highest BCUT2D eigenvalue weighted by Crippen LogP contribution is 2.24. The molecule has 1 N–H and O–H groups in total. The van der Waals surface area contributed by atoms with Crippen LogP contribution < -0.4 is 5.32 Å². The molecule has 0 aromatic carbocycles. The number of rotatable bonds is 2. The number of aryl methyl sites for hydroxylation is 1. The monoisotopic (exact) mass is 210 g/mol. The lowest BCUT2D eigenvalue weighted by Gasteiger charge is -2.20. The predicted molar refractivity (Wildman–Crippen MR) is 56.8 cm³/mol. The van der Waals surface area contributed by atoms with Gasteiger partial charge in [0.05, 0.1) is 10.5 Å². The Labute approximate surface area is 87.6 Å². The lowest BCUT2D eigenvalue weighted by molar-refractivity contribution is 0.0879. The van der Waals surface area contributed by atoms with Crippen LogP contribution in [0.1, 0.15) is 35.3 Å². The second kappa shape index (κ2) is 3.44. The van der Waals surface area contributed by atoms with Crippen LogP contribution in [0.15, 0.2) is 5.38 Å². The summed E-state index contributed by atoms with van der Waals surface area (Å²) in [4.78, 5) is 16.3. The van der Waals surface area contributed by atoms with Crippen molar-refractivity contribution in [1.29, 1.82) is 0 Å². The second-order valence-electron chi connectivity index (χ2n) is 3.94. The molecule has 0 amide bonds. The number of Topliss-reactive ketones (excluding diaryl/α,β-unsaturated/α-hetero) is 1. The number of carbonyl (C=O) groups excluding carboxylic acids is 1. The van der Waals surface area contributed by atoms with Gasteiger partial charge in [-0.3, -0.25) is 4.79 Å². The third kappa shape index (κ3) is 1.60. The molecule has 14 heavy (non-hydrogen) atoms. The van der Waals surface area contributed by atoms with E-state index in [0.717, 1.165) is 24.4 Å². The number of aromatic nitrogens is 1. The minimum atomic E-state index is -0.374. The van der Waals surface area contributed by atoms with Gasteiger partial charge in [-0.15, -0.1) is 11.3 Å². The molecule has 1 aliphatic rings. The van der Waals surface area contributed by atoms with Gasteiger partial charge in [-0.05, 0) is 33.2 Å². The zero-order valence-corrected chi connectivity index (χ0v) is 9.28. The number of carbonyl (C=O) groups is 1. The largest absolute Gasteiger partial charge is 0.305 e. The fourth-order valence-corrected chi connectivity index (χ4v) is 2.43. The van der Waals surface area contributed by atoms with Crippen molar-refractivity contribution in [3.63, 3.8) is 0 Å². The van der Waals surface area contributed by atoms with Crippen LogP contribution in [0.5, 0.6) is 0 Å². The van der Waals surface area contributed by atoms with E-state index in [-0.39, 0.29) is 11.3 Å². The topological polar surface area (TPSA) is 42.0 Å². The van der Waals surface area contributed by atoms with Crippen LogP contribution in [-0.4, -0.2) is 22.9 Å². The van der Waals surface area contributed by atoms with Gasteiger partial charge in [0.25, 0.3) is 0 Å². The van der Waals surface area contributed by atoms with Crippen molar-refractivity contribution in [2.45, 2.75) is 32.2 Å². The van der Waals surface area contributed by atoms with Crippen molar-refractivity contribution in [2.75, 3.05) is 6.54 Å². The first-order valence-corrected chi connectivity index (χ1v) is 5.72. The molecule has 76 valence electrons. The molecule has 1 aromatic rings. The summed E-state index contributed by atoms with van der Waals surface area (Å²) in [6.45, 7) is 4.83. The number of nitrogens with one attached hydrogen (secondary N) is 1. The molecule has 0 bridgehead atoms. The molecule has 2 heterocycles. The van der Waals surface area contributed by atoms with Crippen molar-refractivity contribution in [2.24, 2.45) is 0 Å². The first-order chi connectivity index (χ1) is 6.62. The van der Waals surface area contributed by atoms with E-state index in [1.165, 1.54) is 11.3 Å². The van der Waals surface area contributed by atoms with Gasteiger partial charge >= 0.3 is 0 Å². The van der Waals surface area contributed by atoms with Crippen LogP contribution in [0.25, 0.3) is 0 Å². The maximum atomic E-state index is 12.1. The van der Waals surface area contributed by atoms with Crippen LogP contribution in [-0.2, 0) is 0 Å². The lowest BCUT2D eigenvalue weighted by atomic mass is 9.93. The summed E-state index contributed by atoms with van der Waals surface area (Å²) in [7, 11) is 0. The zero-order chi connectivity index (χ0) is 10.2. The molecule has 1 atom stereocenters. The summed E-state index contributed by atoms with van der Waals surface area (Å²) in [5, 5.41) is 6.06. The maximum absolute atomic E-state index is 12.1. The molecular formula is C10H14N2OS. The van der Waals surface area contributed by atoms with E-state index in [1.807, 2.05) is 19.2 Å². The molecule has 3 nitrogen and oxygen atoms in total. The fraction of sp³-hybridized carbons (Fsp3) is 0.600. The fourth-order valence-electron chi connectivity index (χ4n) is 1.84. The smallest absolute Gasteiger partial charge is 0.201 e. The lowest BCUT2D eigenvalue weighted by Crippen LogP contribution is -2.44. The van der Waals surface area contributed by atoms with Crippen molar-refractivity contribution >= 4 is 17.1 Å². The Bertz CT molecular complexity index is 353. The molecule has 1 unspecified atom stereocenters. The van der Waals surface area contributed by atoms with Crippen molar-refractivity contribution in [3.05, 3.63) is 16.1 Å². The summed E-state index contributed by atoms with van der Waals surface area (Å²) in [5.41, 5.74) is 0.241. The Balaban J connectivity index is 2.23. The average molecular weight is 210 g/mol. The number of nitrogens with zero attached hydrogens (tertiary/aromatic N) is 1. The molecule has 2 rings (SSSR count). The van der Waals surface area contributed by atoms with E-state index in [0.29, 0.717) is 5.69 Å². The Morgan fingerprint density at radius 2 is 2.50 bits per heavy atom. The number of hydrogen-bond donors (Lipinski definition) is 1. The molecule has 1 saturated heterocycles. The minimum Gasteiger partial charge on any atom is -0.305 e. The van der Waals surface area contributed by atoms with Gasteiger partial charge in [0.1, 0.15) is 5.69 Å². The SMILES string of the molecule is Cc1nc(C(=O)C2(C)CCCN2)cs1. The Kier molecular flexibility index (Phi) is 2.41. The quantitative estimate of drug-likeness (QED) is 0.756. The van der Waals surface area contributed by atoms with Gasteiger partial charge in [-0.2, -0.15) is 0 Å². The first-order valence-electron chi connectivity index (χ1n) is 4.84. The summed E-state index contributed by atoms with van der Waals surface area (Å²) < 4.78 is 0. The van der Waals surface area contributed by atoms with Gasteiger partial charge in [0, 0.05) is 5.38 Å². The number of ketones is 1. The molecule has 0 spiro atoms. The molecule has 1 aliphatic heterocycles. The Morgan fingerprint density at radius 3 is 3.00 bits per heavy atom. The van der Waals surface area contributed by atoms with Gasteiger partial charge < -0.3 is 5.32 Å². The Hall–Kier alpha value is -0.740. The highest BCUT2D eigenvalue weighted by Gasteiger charge is 2.37. The standard InChI is InChI=1S/C10H14N2OS/c1-7-12-8(6-14-7)9(13)10(2)4-3-5-11-10/h6,11H,3-5H2,1-2H3. The van der Waals surface area contributed by atoms with Crippen molar-refractivity contribution in [3.8, 4) is 0 Å².